The van der Waals surface area contributed by atoms with Crippen molar-refractivity contribution in [1.82, 2.24) is 0 Å². The van der Waals surface area contributed by atoms with Crippen molar-refractivity contribution >= 4 is 5.97 Å². The van der Waals surface area contributed by atoms with E-state index in [1.165, 1.54) is 22.8 Å². The van der Waals surface area contributed by atoms with Gasteiger partial charge in [-0.05, 0) is 40.7 Å². The lowest BCUT2D eigenvalue weighted by molar-refractivity contribution is -0.131. The quantitative estimate of drug-likeness (QED) is 0.441. The zero-order valence-corrected chi connectivity index (χ0v) is 19.3. The molecule has 156 valence electrons. The number of aliphatic carboxylic acids is 1. The summed E-state index contributed by atoms with van der Waals surface area (Å²) in [5.74, 6) is 0.634. The molecule has 0 heterocycles. The number of rotatable bonds is 6. The highest BCUT2D eigenvalue weighted by atomic mass is 16.5. The molecule has 0 aliphatic carbocycles. The molecule has 28 heavy (non-hydrogen) atoms. The average molecular weight is 387 g/mol. The molecule has 2 unspecified atom stereocenters. The summed E-state index contributed by atoms with van der Waals surface area (Å²) in [5, 5.41) is 8.88. The Balaban J connectivity index is 3.44. The summed E-state index contributed by atoms with van der Waals surface area (Å²) in [5.41, 5.74) is 4.42. The van der Waals surface area contributed by atoms with Gasteiger partial charge < -0.3 is 9.84 Å². The van der Waals surface area contributed by atoms with Gasteiger partial charge in [-0.2, -0.15) is 0 Å². The first kappa shape index (κ1) is 24.0. The number of hydrogen-bond donors (Lipinski definition) is 1. The van der Waals surface area contributed by atoms with Crippen LogP contribution in [0.4, 0.5) is 0 Å². The second kappa shape index (κ2) is 8.98. The highest BCUT2D eigenvalue weighted by Crippen LogP contribution is 2.42. The largest absolute Gasteiger partial charge is 0.496 e. The number of methoxy groups -OCH3 is 1. The van der Waals surface area contributed by atoms with Crippen molar-refractivity contribution in [3.63, 3.8) is 0 Å². The minimum Gasteiger partial charge on any atom is -0.496 e. The fourth-order valence-corrected chi connectivity index (χ4v) is 3.26. The van der Waals surface area contributed by atoms with E-state index in [-0.39, 0.29) is 16.7 Å². The summed E-state index contributed by atoms with van der Waals surface area (Å²) in [4.78, 5) is 10.8. The van der Waals surface area contributed by atoms with Crippen LogP contribution in [0.2, 0.25) is 0 Å². The van der Waals surface area contributed by atoms with Crippen LogP contribution >= 0.6 is 0 Å². The van der Waals surface area contributed by atoms with Gasteiger partial charge in [0.25, 0.3) is 0 Å². The number of benzene rings is 1. The number of carbonyl (C=O) groups is 1. The van der Waals surface area contributed by atoms with Gasteiger partial charge in [0.05, 0.1) is 7.11 Å². The van der Waals surface area contributed by atoms with Gasteiger partial charge in [-0.25, -0.2) is 4.79 Å². The molecule has 1 aromatic carbocycles. The predicted octanol–water partition coefficient (Wildman–Crippen LogP) is 6.62. The Morgan fingerprint density at radius 3 is 1.86 bits per heavy atom. The molecular weight excluding hydrogens is 348 g/mol. The number of carboxylic acid groups (broad SMARTS) is 1. The molecule has 0 spiro atoms. The van der Waals surface area contributed by atoms with E-state index in [4.69, 9.17) is 9.84 Å². The molecule has 0 fully saturated rings. The van der Waals surface area contributed by atoms with E-state index in [2.05, 4.69) is 73.6 Å². The maximum atomic E-state index is 10.8. The highest BCUT2D eigenvalue weighted by molar-refractivity contribution is 5.81. The van der Waals surface area contributed by atoms with Crippen molar-refractivity contribution in [1.29, 1.82) is 0 Å². The monoisotopic (exact) mass is 386 g/mol. The second-order valence-electron chi connectivity index (χ2n) is 9.88. The van der Waals surface area contributed by atoms with Crippen LogP contribution in [0.25, 0.3) is 0 Å². The molecule has 0 aliphatic rings. The molecule has 0 amide bonds. The van der Waals surface area contributed by atoms with Crippen LogP contribution in [0.3, 0.4) is 0 Å². The van der Waals surface area contributed by atoms with Crippen LogP contribution in [0.5, 0.6) is 5.75 Å². The van der Waals surface area contributed by atoms with Crippen LogP contribution in [-0.4, -0.2) is 18.2 Å². The molecule has 1 rings (SSSR count). The number of allylic oxidation sites excluding steroid dienone is 3. The SMILES string of the molecule is COc1c(C(C)(C)C)cc(C(C)C(C)/C=C/C(C)=C/C(=O)O)cc1C(C)(C)C. The van der Waals surface area contributed by atoms with E-state index < -0.39 is 5.97 Å². The molecule has 3 nitrogen and oxygen atoms in total. The molecule has 1 N–H and O–H groups in total. The number of hydrogen-bond acceptors (Lipinski definition) is 2. The summed E-state index contributed by atoms with van der Waals surface area (Å²) in [6, 6.07) is 4.56. The fraction of sp³-hybridized carbons (Fsp3) is 0.560. The minimum absolute atomic E-state index is 0.0268. The maximum absolute atomic E-state index is 10.8. The molecule has 0 saturated heterocycles. The smallest absolute Gasteiger partial charge is 0.328 e. The Hall–Kier alpha value is -2.03. The van der Waals surface area contributed by atoms with Crippen LogP contribution in [-0.2, 0) is 15.6 Å². The van der Waals surface area contributed by atoms with E-state index in [0.29, 0.717) is 5.92 Å². The highest BCUT2D eigenvalue weighted by Gasteiger charge is 2.28. The Morgan fingerprint density at radius 1 is 1.04 bits per heavy atom. The summed E-state index contributed by atoms with van der Waals surface area (Å²) in [6.07, 6.45) is 5.22. The lowest BCUT2D eigenvalue weighted by atomic mass is 9.76. The first-order chi connectivity index (χ1) is 12.7. The molecule has 0 aliphatic heterocycles. The average Bonchev–Trinajstić information content (AvgIpc) is 2.55. The maximum Gasteiger partial charge on any atom is 0.328 e. The van der Waals surface area contributed by atoms with E-state index in [1.807, 2.05) is 13.0 Å². The van der Waals surface area contributed by atoms with Crippen molar-refractivity contribution < 1.29 is 14.6 Å². The molecule has 0 radical (unpaired) electrons. The van der Waals surface area contributed by atoms with Crippen molar-refractivity contribution in [2.75, 3.05) is 7.11 Å². The van der Waals surface area contributed by atoms with Gasteiger partial charge in [0.1, 0.15) is 5.75 Å². The van der Waals surface area contributed by atoms with Crippen LogP contribution < -0.4 is 4.74 Å². The van der Waals surface area contributed by atoms with Crippen LogP contribution in [0.1, 0.15) is 84.9 Å². The van der Waals surface area contributed by atoms with Gasteiger partial charge in [-0.3, -0.25) is 0 Å². The summed E-state index contributed by atoms with van der Waals surface area (Å²) in [7, 11) is 1.76. The van der Waals surface area contributed by atoms with Crippen LogP contribution in [0, 0.1) is 5.92 Å². The van der Waals surface area contributed by atoms with Gasteiger partial charge >= 0.3 is 5.97 Å². The molecule has 3 heteroatoms. The molecular formula is C25H38O3. The third kappa shape index (κ3) is 6.25. The second-order valence-corrected chi connectivity index (χ2v) is 9.88. The Kier molecular flexibility index (Phi) is 7.70. The van der Waals surface area contributed by atoms with E-state index in [1.54, 1.807) is 7.11 Å². The first-order valence-electron chi connectivity index (χ1n) is 10.0. The van der Waals surface area contributed by atoms with Crippen molar-refractivity contribution in [2.45, 2.75) is 79.1 Å². The molecule has 0 saturated carbocycles. The predicted molar refractivity (Wildman–Crippen MR) is 119 cm³/mol. The van der Waals surface area contributed by atoms with Crippen LogP contribution in [0.15, 0.2) is 35.9 Å². The van der Waals surface area contributed by atoms with Gasteiger partial charge in [0.2, 0.25) is 0 Å². The van der Waals surface area contributed by atoms with Crippen molar-refractivity contribution in [3.8, 4) is 5.75 Å². The lowest BCUT2D eigenvalue weighted by Gasteiger charge is -2.31. The van der Waals surface area contributed by atoms with Gasteiger partial charge in [0.15, 0.2) is 0 Å². The summed E-state index contributed by atoms with van der Waals surface area (Å²) in [6.45, 7) is 19.5. The first-order valence-corrected chi connectivity index (χ1v) is 10.0. The van der Waals surface area contributed by atoms with Crippen molar-refractivity contribution in [2.24, 2.45) is 5.92 Å². The van der Waals surface area contributed by atoms with E-state index in [9.17, 15) is 4.79 Å². The van der Waals surface area contributed by atoms with Gasteiger partial charge in [-0.15, -0.1) is 0 Å². The summed E-state index contributed by atoms with van der Waals surface area (Å²) >= 11 is 0. The Labute approximate surface area is 171 Å². The fourth-order valence-electron chi connectivity index (χ4n) is 3.26. The van der Waals surface area contributed by atoms with Gasteiger partial charge in [0, 0.05) is 17.2 Å². The normalized spacial score (nSPS) is 15.6. The Bertz CT molecular complexity index is 720. The van der Waals surface area contributed by atoms with E-state index in [0.717, 1.165) is 11.3 Å². The zero-order valence-electron chi connectivity index (χ0n) is 19.3. The van der Waals surface area contributed by atoms with E-state index >= 15 is 0 Å². The minimum atomic E-state index is -0.914. The molecule has 0 bridgehead atoms. The Morgan fingerprint density at radius 2 is 1.50 bits per heavy atom. The number of carboxylic acids is 1. The third-order valence-corrected chi connectivity index (χ3v) is 5.26. The zero-order chi connectivity index (χ0) is 21.9. The van der Waals surface area contributed by atoms with Crippen molar-refractivity contribution in [3.05, 3.63) is 52.6 Å². The lowest BCUT2D eigenvalue weighted by Crippen LogP contribution is -2.20. The molecule has 0 aromatic heterocycles. The summed E-state index contributed by atoms with van der Waals surface area (Å²) < 4.78 is 5.86. The van der Waals surface area contributed by atoms with Gasteiger partial charge in [-0.1, -0.05) is 79.7 Å². The number of ether oxygens (including phenoxy) is 1. The topological polar surface area (TPSA) is 46.5 Å². The molecule has 1 aromatic rings. The standard InChI is InChI=1S/C25H38O3/c1-16(13-22(26)27)11-12-17(2)18(3)19-14-20(24(4,5)6)23(28-10)21(15-19)25(7,8)9/h11-15,17-18H,1-10H3,(H,26,27)/b12-11+,16-13+. The molecule has 2 atom stereocenters. The third-order valence-electron chi connectivity index (χ3n) is 5.26.